The molecule has 13 heavy (non-hydrogen) atoms. The van der Waals surface area contributed by atoms with Crippen LogP contribution in [-0.4, -0.2) is 22.5 Å². The number of aromatic nitrogens is 2. The third-order valence-corrected chi connectivity index (χ3v) is 1.56. The smallest absolute Gasteiger partial charge is 0.203 e. The number of imidazole rings is 1. The van der Waals surface area contributed by atoms with Crippen LogP contribution in [0.25, 0.3) is 0 Å². The lowest BCUT2D eigenvalue weighted by molar-refractivity contribution is 0.788. The van der Waals surface area contributed by atoms with E-state index in [2.05, 4.69) is 20.4 Å². The highest BCUT2D eigenvalue weighted by atomic mass is 15.3. The van der Waals surface area contributed by atoms with Crippen molar-refractivity contribution in [3.8, 4) is 0 Å². The number of aliphatic imine (C=N–C) groups is 1. The zero-order chi connectivity index (χ0) is 9.52. The fraction of sp³-hybridized carbons (Fsp3) is 0.429. The number of hydrogen-bond donors (Lipinski definition) is 4. The average Bonchev–Trinajstić information content (AvgIpc) is 2.64. The maximum atomic E-state index is 5.32. The van der Waals surface area contributed by atoms with E-state index in [1.54, 1.807) is 12.4 Å². The number of H-pyrrole nitrogens is 1. The van der Waals surface area contributed by atoms with E-state index in [4.69, 9.17) is 11.6 Å². The molecule has 0 saturated carbocycles. The van der Waals surface area contributed by atoms with Gasteiger partial charge < -0.3 is 10.7 Å². The Morgan fingerprint density at radius 1 is 1.69 bits per heavy atom. The minimum absolute atomic E-state index is 0.263. The van der Waals surface area contributed by atoms with Gasteiger partial charge in [-0.05, 0) is 6.42 Å². The maximum Gasteiger partial charge on any atom is 0.203 e. The van der Waals surface area contributed by atoms with Crippen LogP contribution in [0.1, 0.15) is 12.2 Å². The van der Waals surface area contributed by atoms with Crippen molar-refractivity contribution >= 4 is 5.96 Å². The fourth-order valence-corrected chi connectivity index (χ4v) is 0.926. The zero-order valence-corrected chi connectivity index (χ0v) is 7.33. The molecule has 0 aliphatic heterocycles. The number of guanidine groups is 1. The molecule has 0 amide bonds. The molecule has 0 unspecified atom stereocenters. The first-order chi connectivity index (χ1) is 6.33. The molecule has 0 fully saturated rings. The first-order valence-corrected chi connectivity index (χ1v) is 4.07. The van der Waals surface area contributed by atoms with E-state index in [0.29, 0.717) is 6.54 Å². The second kappa shape index (κ2) is 5.15. The van der Waals surface area contributed by atoms with Crippen molar-refractivity contribution in [2.75, 3.05) is 6.54 Å². The Balaban J connectivity index is 2.15. The second-order valence-corrected chi connectivity index (χ2v) is 2.55. The van der Waals surface area contributed by atoms with Crippen LogP contribution in [0.3, 0.4) is 0 Å². The number of aromatic amines is 1. The summed E-state index contributed by atoms with van der Waals surface area (Å²) in [5.74, 6) is 6.26. The fourth-order valence-electron chi connectivity index (χ4n) is 0.926. The number of rotatable bonds is 4. The maximum absolute atomic E-state index is 5.32. The lowest BCUT2D eigenvalue weighted by atomic mass is 10.3. The molecular weight excluding hydrogens is 168 g/mol. The van der Waals surface area contributed by atoms with Crippen molar-refractivity contribution in [2.45, 2.75) is 12.8 Å². The molecule has 0 aromatic carbocycles. The first kappa shape index (κ1) is 9.53. The van der Waals surface area contributed by atoms with Gasteiger partial charge in [-0.15, -0.1) is 0 Å². The minimum atomic E-state index is 0.263. The van der Waals surface area contributed by atoms with Crippen LogP contribution >= 0.6 is 0 Å². The van der Waals surface area contributed by atoms with Crippen molar-refractivity contribution in [3.05, 3.63) is 18.2 Å². The number of aryl methyl sites for hydroxylation is 1. The summed E-state index contributed by atoms with van der Waals surface area (Å²) < 4.78 is 0. The Hall–Kier alpha value is -1.56. The Morgan fingerprint density at radius 3 is 3.15 bits per heavy atom. The van der Waals surface area contributed by atoms with Gasteiger partial charge >= 0.3 is 0 Å². The van der Waals surface area contributed by atoms with Crippen LogP contribution in [0, 0.1) is 0 Å². The number of hydrogen-bond acceptors (Lipinski definition) is 3. The lowest BCUT2D eigenvalue weighted by Crippen LogP contribution is -2.37. The summed E-state index contributed by atoms with van der Waals surface area (Å²) in [5, 5.41) is 0. The Kier molecular flexibility index (Phi) is 3.77. The van der Waals surface area contributed by atoms with Gasteiger partial charge in [-0.2, -0.15) is 0 Å². The number of nitrogens with one attached hydrogen (secondary N) is 2. The molecule has 72 valence electrons. The van der Waals surface area contributed by atoms with Gasteiger partial charge in [0.05, 0.1) is 0 Å². The van der Waals surface area contributed by atoms with Crippen LogP contribution in [0.2, 0.25) is 0 Å². The largest absolute Gasteiger partial charge is 0.369 e. The van der Waals surface area contributed by atoms with Crippen LogP contribution in [0.15, 0.2) is 17.4 Å². The third-order valence-electron chi connectivity index (χ3n) is 1.56. The van der Waals surface area contributed by atoms with E-state index in [0.717, 1.165) is 18.7 Å². The summed E-state index contributed by atoms with van der Waals surface area (Å²) in [4.78, 5) is 11.0. The van der Waals surface area contributed by atoms with Gasteiger partial charge in [0, 0.05) is 25.4 Å². The van der Waals surface area contributed by atoms with Crippen molar-refractivity contribution in [1.82, 2.24) is 15.4 Å². The van der Waals surface area contributed by atoms with Crippen molar-refractivity contribution in [2.24, 2.45) is 16.6 Å². The monoisotopic (exact) mass is 182 g/mol. The van der Waals surface area contributed by atoms with Gasteiger partial charge in [0.25, 0.3) is 0 Å². The summed E-state index contributed by atoms with van der Waals surface area (Å²) in [7, 11) is 0. The van der Waals surface area contributed by atoms with Gasteiger partial charge in [0.15, 0.2) is 0 Å². The van der Waals surface area contributed by atoms with E-state index < -0.39 is 0 Å². The molecule has 6 heteroatoms. The molecule has 6 N–H and O–H groups in total. The lowest BCUT2D eigenvalue weighted by Gasteiger charge is -1.97. The standard InChI is InChI=1S/C7H14N6/c8-7(13-9)12-3-1-2-6-10-4-5-11-6/h4-5H,1-3,9H2,(H,10,11)(H3,8,12,13). The highest BCUT2D eigenvalue weighted by Gasteiger charge is 1.93. The Labute approximate surface area is 76.4 Å². The molecule has 0 aliphatic carbocycles. The summed E-state index contributed by atoms with van der Waals surface area (Å²) in [6.07, 6.45) is 5.30. The molecule has 1 aromatic rings. The average molecular weight is 182 g/mol. The second-order valence-electron chi connectivity index (χ2n) is 2.55. The van der Waals surface area contributed by atoms with Crippen molar-refractivity contribution < 1.29 is 0 Å². The Morgan fingerprint density at radius 2 is 2.54 bits per heavy atom. The van der Waals surface area contributed by atoms with Crippen LogP contribution in [-0.2, 0) is 6.42 Å². The molecule has 0 aliphatic rings. The van der Waals surface area contributed by atoms with Gasteiger partial charge in [0.1, 0.15) is 5.82 Å². The summed E-state index contributed by atoms with van der Waals surface area (Å²) in [5.41, 5.74) is 7.59. The normalized spacial score (nSPS) is 11.6. The molecule has 1 rings (SSSR count). The summed E-state index contributed by atoms with van der Waals surface area (Å²) in [6.45, 7) is 0.650. The van der Waals surface area contributed by atoms with Crippen LogP contribution in [0.4, 0.5) is 0 Å². The number of hydrazine groups is 1. The molecule has 6 nitrogen and oxygen atoms in total. The predicted molar refractivity (Wildman–Crippen MR) is 50.7 cm³/mol. The van der Waals surface area contributed by atoms with E-state index in [-0.39, 0.29) is 5.96 Å². The topological polar surface area (TPSA) is 105 Å². The van der Waals surface area contributed by atoms with E-state index in [9.17, 15) is 0 Å². The molecule has 0 saturated heterocycles. The highest BCUT2D eigenvalue weighted by molar-refractivity contribution is 5.76. The quantitative estimate of drug-likeness (QED) is 0.159. The highest BCUT2D eigenvalue weighted by Crippen LogP contribution is 1.94. The van der Waals surface area contributed by atoms with E-state index >= 15 is 0 Å². The van der Waals surface area contributed by atoms with E-state index in [1.807, 2.05) is 0 Å². The molecule has 1 aromatic heterocycles. The molecular formula is C7H14N6. The van der Waals surface area contributed by atoms with Crippen LogP contribution < -0.4 is 17.0 Å². The predicted octanol–water partition coefficient (Wildman–Crippen LogP) is -0.880. The van der Waals surface area contributed by atoms with Gasteiger partial charge in [-0.3, -0.25) is 10.4 Å². The van der Waals surface area contributed by atoms with Crippen molar-refractivity contribution in [1.29, 1.82) is 0 Å². The zero-order valence-electron chi connectivity index (χ0n) is 7.33. The Bertz CT molecular complexity index is 252. The summed E-state index contributed by atoms with van der Waals surface area (Å²) in [6, 6.07) is 0. The van der Waals surface area contributed by atoms with Crippen LogP contribution in [0.5, 0.6) is 0 Å². The van der Waals surface area contributed by atoms with Gasteiger partial charge in [0.2, 0.25) is 5.96 Å². The van der Waals surface area contributed by atoms with Crippen molar-refractivity contribution in [3.63, 3.8) is 0 Å². The molecule has 0 bridgehead atoms. The minimum Gasteiger partial charge on any atom is -0.369 e. The first-order valence-electron chi connectivity index (χ1n) is 4.07. The molecule has 0 spiro atoms. The SMILES string of the molecule is NNC(N)=NCCCc1ncc[nH]1. The number of nitrogens with zero attached hydrogens (tertiary/aromatic N) is 2. The molecule has 0 radical (unpaired) electrons. The molecule has 0 atom stereocenters. The summed E-state index contributed by atoms with van der Waals surface area (Å²) >= 11 is 0. The van der Waals surface area contributed by atoms with E-state index in [1.165, 1.54) is 0 Å². The van der Waals surface area contributed by atoms with Gasteiger partial charge in [-0.1, -0.05) is 0 Å². The number of nitrogens with two attached hydrogens (primary N) is 2. The molecule has 1 heterocycles. The van der Waals surface area contributed by atoms with Gasteiger partial charge in [-0.25, -0.2) is 10.8 Å². The third kappa shape index (κ3) is 3.57.